The van der Waals surface area contributed by atoms with Gasteiger partial charge < -0.3 is 24.4 Å². The summed E-state index contributed by atoms with van der Waals surface area (Å²) < 4.78 is 15.7. The molecule has 0 radical (unpaired) electrons. The van der Waals surface area contributed by atoms with Crippen LogP contribution in [0.1, 0.15) is 104 Å². The van der Waals surface area contributed by atoms with E-state index in [9.17, 15) is 9.59 Å². The number of hydrogen-bond acceptors (Lipinski definition) is 6. The van der Waals surface area contributed by atoms with Crippen LogP contribution in [0.3, 0.4) is 0 Å². The Labute approximate surface area is 244 Å². The third kappa shape index (κ3) is 14.8. The number of rotatable bonds is 10. The van der Waals surface area contributed by atoms with Crippen LogP contribution < -0.4 is 15.8 Å². The van der Waals surface area contributed by atoms with E-state index in [0.717, 1.165) is 73.6 Å². The minimum atomic E-state index is -0.443. The third-order valence-corrected chi connectivity index (χ3v) is 6.27. The number of ether oxygens (including phenoxy) is 3. The molecule has 0 spiro atoms. The van der Waals surface area contributed by atoms with E-state index >= 15 is 0 Å². The summed E-state index contributed by atoms with van der Waals surface area (Å²) >= 11 is 0. The number of esters is 1. The Morgan fingerprint density at radius 2 is 1.85 bits per heavy atom. The minimum Gasteiger partial charge on any atom is -0.460 e. The Morgan fingerprint density at radius 1 is 1.18 bits per heavy atom. The Kier molecular flexibility index (Phi) is 19.3. The van der Waals surface area contributed by atoms with Gasteiger partial charge in [-0.2, -0.15) is 0 Å². The first kappa shape index (κ1) is 37.6. The van der Waals surface area contributed by atoms with Crippen LogP contribution in [0.2, 0.25) is 0 Å². The Hall–Kier alpha value is -2.38. The summed E-state index contributed by atoms with van der Waals surface area (Å²) in [6, 6.07) is 3.96. The van der Waals surface area contributed by atoms with E-state index in [-0.39, 0.29) is 11.9 Å². The average Bonchev–Trinajstić information content (AvgIpc) is 2.92. The van der Waals surface area contributed by atoms with E-state index in [2.05, 4.69) is 50.3 Å². The van der Waals surface area contributed by atoms with E-state index in [1.54, 1.807) is 7.05 Å². The number of nitrogens with one attached hydrogen (secondary N) is 1. The monoisotopic (exact) mass is 562 g/mol. The highest BCUT2D eigenvalue weighted by Gasteiger charge is 2.18. The molecule has 1 heterocycles. The maximum Gasteiger partial charge on any atom is 0.306 e. The Morgan fingerprint density at radius 3 is 2.30 bits per heavy atom. The number of carbonyl (C=O) groups is 2. The molecule has 2 unspecified atom stereocenters. The van der Waals surface area contributed by atoms with Gasteiger partial charge in [-0.3, -0.25) is 9.59 Å². The first-order valence-electron chi connectivity index (χ1n) is 15.1. The van der Waals surface area contributed by atoms with E-state index in [4.69, 9.17) is 14.2 Å². The van der Waals surface area contributed by atoms with Gasteiger partial charge in [0.05, 0.1) is 25.9 Å². The number of carbonyl (C=O) groups excluding carboxylic acids is 2. The summed E-state index contributed by atoms with van der Waals surface area (Å²) in [5.41, 5.74) is 1.35. The van der Waals surface area contributed by atoms with Crippen LogP contribution in [0.5, 0.6) is 0 Å². The van der Waals surface area contributed by atoms with Crippen LogP contribution in [0.25, 0.3) is 12.3 Å². The van der Waals surface area contributed by atoms with E-state index in [1.807, 2.05) is 53.7 Å². The predicted molar refractivity (Wildman–Crippen MR) is 167 cm³/mol. The fraction of sp³-hybridized carbons (Fsp3) is 0.697. The molecule has 0 aromatic heterocycles. The summed E-state index contributed by atoms with van der Waals surface area (Å²) in [7, 11) is 3.73. The smallest absolute Gasteiger partial charge is 0.306 e. The number of nitrogens with zero attached hydrogens (tertiary/aromatic N) is 1. The molecule has 0 bridgehead atoms. The molecule has 1 aliphatic heterocycles. The van der Waals surface area contributed by atoms with Gasteiger partial charge in [0.2, 0.25) is 0 Å². The molecule has 40 heavy (non-hydrogen) atoms. The lowest BCUT2D eigenvalue weighted by molar-refractivity contribution is -0.155. The van der Waals surface area contributed by atoms with Gasteiger partial charge in [-0.15, -0.1) is 0 Å². The quantitative estimate of drug-likeness (QED) is 0.402. The molecule has 7 nitrogen and oxygen atoms in total. The number of hydrogen-bond donors (Lipinski definition) is 1. The lowest BCUT2D eigenvalue weighted by atomic mass is 9.98. The highest BCUT2D eigenvalue weighted by molar-refractivity contribution is 5.95. The van der Waals surface area contributed by atoms with Crippen LogP contribution in [0.4, 0.5) is 0 Å². The second-order valence-corrected chi connectivity index (χ2v) is 10.9. The third-order valence-electron chi connectivity index (χ3n) is 6.27. The molecule has 0 aliphatic carbocycles. The highest BCUT2D eigenvalue weighted by Crippen LogP contribution is 2.16. The maximum absolute atomic E-state index is 12.4. The topological polar surface area (TPSA) is 77.1 Å². The lowest BCUT2D eigenvalue weighted by Gasteiger charge is -2.24. The van der Waals surface area contributed by atoms with Crippen LogP contribution in [0, 0.1) is 5.92 Å². The van der Waals surface area contributed by atoms with Gasteiger partial charge in [0.25, 0.3) is 5.91 Å². The van der Waals surface area contributed by atoms with Crippen molar-refractivity contribution in [3.63, 3.8) is 0 Å². The molecule has 1 aliphatic rings. The normalized spacial score (nSPS) is 16.6. The van der Waals surface area contributed by atoms with E-state index in [0.29, 0.717) is 18.4 Å². The molecule has 1 amide bonds. The van der Waals surface area contributed by atoms with Crippen molar-refractivity contribution in [2.24, 2.45) is 5.92 Å². The fourth-order valence-electron chi connectivity index (χ4n) is 4.39. The zero-order chi connectivity index (χ0) is 30.7. The van der Waals surface area contributed by atoms with Crippen molar-refractivity contribution in [3.05, 3.63) is 33.7 Å². The molecule has 230 valence electrons. The molecule has 2 atom stereocenters. The largest absolute Gasteiger partial charge is 0.460 e. The summed E-state index contributed by atoms with van der Waals surface area (Å²) in [6.45, 7) is 21.2. The molecule has 1 N–H and O–H groups in total. The first-order valence-corrected chi connectivity index (χ1v) is 15.1. The van der Waals surface area contributed by atoms with Crippen molar-refractivity contribution in [1.82, 2.24) is 10.2 Å². The fourth-order valence-corrected chi connectivity index (χ4v) is 4.39. The number of benzene rings is 1. The van der Waals surface area contributed by atoms with Crippen molar-refractivity contribution >= 4 is 24.2 Å². The van der Waals surface area contributed by atoms with Crippen molar-refractivity contribution in [2.45, 2.75) is 106 Å². The van der Waals surface area contributed by atoms with Gasteiger partial charge in [-0.1, -0.05) is 53.2 Å². The molecular weight excluding hydrogens is 504 g/mol. The summed E-state index contributed by atoms with van der Waals surface area (Å²) in [4.78, 5) is 26.7. The maximum atomic E-state index is 12.4. The van der Waals surface area contributed by atoms with Gasteiger partial charge >= 0.3 is 5.97 Å². The molecule has 1 fully saturated rings. The number of amides is 1. The summed E-state index contributed by atoms with van der Waals surface area (Å²) in [5.74, 6) is 0.199. The van der Waals surface area contributed by atoms with Crippen molar-refractivity contribution in [2.75, 3.05) is 40.5 Å². The summed E-state index contributed by atoms with van der Waals surface area (Å²) in [5, 5.41) is 5.01. The SMILES string of the molecule is CC.CC/C=c1\ccc(C(=O)NC)c(CC)\c1=C\N(C)CC(CC)CCC(=O)OC(C)(C)C.CC1COCCO1. The predicted octanol–water partition coefficient (Wildman–Crippen LogP) is 5.06. The average molecular weight is 563 g/mol. The van der Waals surface area contributed by atoms with Gasteiger partial charge in [0, 0.05) is 44.0 Å². The summed E-state index contributed by atoms with van der Waals surface area (Å²) in [6.07, 6.45) is 8.61. The van der Waals surface area contributed by atoms with Crippen LogP contribution in [0.15, 0.2) is 12.1 Å². The molecule has 1 aromatic rings. The van der Waals surface area contributed by atoms with Crippen molar-refractivity contribution < 1.29 is 23.8 Å². The molecule has 2 rings (SSSR count). The van der Waals surface area contributed by atoms with Crippen molar-refractivity contribution in [3.8, 4) is 0 Å². The zero-order valence-electron chi connectivity index (χ0n) is 27.3. The molecule has 1 aromatic carbocycles. The molecule has 7 heteroatoms. The second-order valence-electron chi connectivity index (χ2n) is 10.9. The van der Waals surface area contributed by atoms with E-state index in [1.165, 1.54) is 0 Å². The van der Waals surface area contributed by atoms with Gasteiger partial charge in [-0.25, -0.2) is 0 Å². The Bertz CT molecular complexity index is 978. The standard InChI is InChI=1S/C26H42N2O3.C5H10O2.C2H6/c1-9-12-20-14-15-22(25(30)27-7)21(11-3)23(20)18-28(8)17-19(10-2)13-16-24(29)31-26(4,5)6;1-5-4-6-2-3-7-5;1-2/h12,14-15,18-19H,9-11,13,16-17H2,1-8H3,(H,27,30);5H,2-4H2,1H3;1-2H3/b20-12+,23-18+;;. The van der Waals surface area contributed by atoms with Crippen LogP contribution in [-0.2, 0) is 25.4 Å². The van der Waals surface area contributed by atoms with Gasteiger partial charge in [0.1, 0.15) is 5.60 Å². The molecular formula is C33H58N2O5. The van der Waals surface area contributed by atoms with Crippen molar-refractivity contribution in [1.29, 1.82) is 0 Å². The van der Waals surface area contributed by atoms with Crippen LogP contribution >= 0.6 is 0 Å². The Balaban J connectivity index is 0.00000144. The van der Waals surface area contributed by atoms with E-state index < -0.39 is 5.60 Å². The first-order chi connectivity index (χ1) is 18.9. The minimum absolute atomic E-state index is 0.0546. The lowest BCUT2D eigenvalue weighted by Crippen LogP contribution is -2.36. The highest BCUT2D eigenvalue weighted by atomic mass is 16.6. The molecule has 0 saturated carbocycles. The molecule has 1 saturated heterocycles. The second kappa shape index (κ2) is 20.5. The van der Waals surface area contributed by atoms with Gasteiger partial charge in [-0.05, 0) is 69.7 Å². The zero-order valence-corrected chi connectivity index (χ0v) is 27.3. The van der Waals surface area contributed by atoms with Gasteiger partial charge in [0.15, 0.2) is 0 Å². The van der Waals surface area contributed by atoms with Crippen LogP contribution in [-0.4, -0.2) is 68.9 Å².